The van der Waals surface area contributed by atoms with Crippen molar-refractivity contribution in [2.24, 2.45) is 0 Å². The van der Waals surface area contributed by atoms with Crippen molar-refractivity contribution in [3.05, 3.63) is 35.1 Å². The summed E-state index contributed by atoms with van der Waals surface area (Å²) in [5, 5.41) is 3.79. The zero-order chi connectivity index (χ0) is 18.7. The Morgan fingerprint density at radius 2 is 2.15 bits per heavy atom. The van der Waals surface area contributed by atoms with Gasteiger partial charge in [0.1, 0.15) is 24.3 Å². The number of nitrogens with zero attached hydrogens (tertiary/aromatic N) is 4. The van der Waals surface area contributed by atoms with Gasteiger partial charge in [0, 0.05) is 30.3 Å². The van der Waals surface area contributed by atoms with Gasteiger partial charge in [-0.3, -0.25) is 4.79 Å². The van der Waals surface area contributed by atoms with Gasteiger partial charge in [0.2, 0.25) is 5.88 Å². The van der Waals surface area contributed by atoms with Gasteiger partial charge in [-0.1, -0.05) is 19.0 Å². The fraction of sp³-hybridized carbons (Fsp3) is 0.556. The van der Waals surface area contributed by atoms with Gasteiger partial charge in [-0.15, -0.1) is 0 Å². The van der Waals surface area contributed by atoms with Crippen molar-refractivity contribution >= 4 is 5.91 Å². The predicted molar refractivity (Wildman–Crippen MR) is 93.2 cm³/mol. The van der Waals surface area contributed by atoms with Gasteiger partial charge in [0.05, 0.1) is 13.2 Å². The molecule has 1 aliphatic heterocycles. The van der Waals surface area contributed by atoms with Gasteiger partial charge in [0.15, 0.2) is 5.69 Å². The summed E-state index contributed by atoms with van der Waals surface area (Å²) in [6.07, 6.45) is -0.224. The van der Waals surface area contributed by atoms with Crippen LogP contribution in [0.5, 0.6) is 5.88 Å². The first-order valence-corrected chi connectivity index (χ1v) is 8.75. The Kier molecular flexibility index (Phi) is 5.51. The average molecular weight is 360 g/mol. The molecule has 0 aromatic carbocycles. The van der Waals surface area contributed by atoms with Crippen LogP contribution in [-0.2, 0) is 4.74 Å². The molecule has 140 valence electrons. The van der Waals surface area contributed by atoms with Crippen LogP contribution in [0, 0.1) is 13.8 Å². The molecule has 0 spiro atoms. The van der Waals surface area contributed by atoms with Gasteiger partial charge in [-0.05, 0) is 13.8 Å². The number of morpholine rings is 1. The van der Waals surface area contributed by atoms with E-state index in [2.05, 4.69) is 15.1 Å². The van der Waals surface area contributed by atoms with Crippen LogP contribution in [0.4, 0.5) is 0 Å². The Balaban J connectivity index is 1.59. The lowest BCUT2D eigenvalue weighted by atomic mass is 10.2. The third-order valence-corrected chi connectivity index (χ3v) is 4.05. The highest BCUT2D eigenvalue weighted by atomic mass is 16.5. The number of hydrogen-bond acceptors (Lipinski definition) is 7. The quantitative estimate of drug-likeness (QED) is 0.806. The number of rotatable bonds is 5. The van der Waals surface area contributed by atoms with Crippen molar-refractivity contribution in [3.63, 3.8) is 0 Å². The summed E-state index contributed by atoms with van der Waals surface area (Å²) in [6, 6.07) is 3.44. The zero-order valence-corrected chi connectivity index (χ0v) is 15.6. The molecule has 8 heteroatoms. The summed E-state index contributed by atoms with van der Waals surface area (Å²) in [7, 11) is 0. The minimum atomic E-state index is -0.224. The van der Waals surface area contributed by atoms with E-state index in [0.717, 1.165) is 11.5 Å². The molecule has 2 aromatic rings. The maximum absolute atomic E-state index is 12.5. The Hall–Kier alpha value is -2.48. The third-order valence-electron chi connectivity index (χ3n) is 4.05. The van der Waals surface area contributed by atoms with Crippen molar-refractivity contribution in [2.45, 2.75) is 39.7 Å². The predicted octanol–water partition coefficient (Wildman–Crippen LogP) is 2.12. The van der Waals surface area contributed by atoms with Crippen LogP contribution in [-0.4, -0.2) is 58.3 Å². The smallest absolute Gasteiger partial charge is 0.276 e. The monoisotopic (exact) mass is 360 g/mol. The van der Waals surface area contributed by atoms with E-state index >= 15 is 0 Å². The van der Waals surface area contributed by atoms with Crippen LogP contribution in [0.2, 0.25) is 0 Å². The molecule has 1 amide bonds. The second-order valence-electron chi connectivity index (χ2n) is 6.74. The van der Waals surface area contributed by atoms with E-state index in [1.165, 1.54) is 0 Å². The SMILES string of the molecule is Cc1cc(OCC2CN(C(=O)c3cc(C)on3)CCO2)nc(C(C)C)n1. The third kappa shape index (κ3) is 4.37. The summed E-state index contributed by atoms with van der Waals surface area (Å²) < 4.78 is 16.5. The number of carbonyl (C=O) groups is 1. The number of ether oxygens (including phenoxy) is 2. The largest absolute Gasteiger partial charge is 0.475 e. The fourth-order valence-corrected chi connectivity index (χ4v) is 2.71. The summed E-state index contributed by atoms with van der Waals surface area (Å²) >= 11 is 0. The number of amides is 1. The van der Waals surface area contributed by atoms with Crippen LogP contribution in [0.3, 0.4) is 0 Å². The van der Waals surface area contributed by atoms with E-state index in [1.54, 1.807) is 24.0 Å². The minimum Gasteiger partial charge on any atom is -0.475 e. The van der Waals surface area contributed by atoms with Gasteiger partial charge in [-0.2, -0.15) is 4.98 Å². The molecule has 8 nitrogen and oxygen atoms in total. The lowest BCUT2D eigenvalue weighted by Gasteiger charge is -2.32. The van der Waals surface area contributed by atoms with Crippen molar-refractivity contribution in [3.8, 4) is 5.88 Å². The number of hydrogen-bond donors (Lipinski definition) is 0. The maximum atomic E-state index is 12.5. The molecule has 3 heterocycles. The number of carbonyl (C=O) groups excluding carboxylic acids is 1. The van der Waals surface area contributed by atoms with E-state index in [4.69, 9.17) is 14.0 Å². The molecule has 0 radical (unpaired) electrons. The van der Waals surface area contributed by atoms with Crippen molar-refractivity contribution in [1.29, 1.82) is 0 Å². The fourth-order valence-electron chi connectivity index (χ4n) is 2.71. The average Bonchev–Trinajstić information content (AvgIpc) is 3.05. The number of aryl methyl sites for hydroxylation is 2. The molecule has 1 aliphatic rings. The molecule has 0 bridgehead atoms. The van der Waals surface area contributed by atoms with E-state index in [9.17, 15) is 4.79 Å². The highest BCUT2D eigenvalue weighted by molar-refractivity contribution is 5.92. The van der Waals surface area contributed by atoms with Crippen LogP contribution in [0.1, 0.15) is 47.5 Å². The molecule has 3 rings (SSSR count). The second-order valence-corrected chi connectivity index (χ2v) is 6.74. The van der Waals surface area contributed by atoms with Gasteiger partial charge in [0.25, 0.3) is 5.91 Å². The van der Waals surface area contributed by atoms with E-state index in [-0.39, 0.29) is 17.9 Å². The lowest BCUT2D eigenvalue weighted by molar-refractivity contribution is -0.0409. The van der Waals surface area contributed by atoms with E-state index in [0.29, 0.717) is 43.6 Å². The first-order chi connectivity index (χ1) is 12.4. The summed E-state index contributed by atoms with van der Waals surface area (Å²) in [4.78, 5) is 23.0. The first kappa shape index (κ1) is 18.3. The van der Waals surface area contributed by atoms with Crippen molar-refractivity contribution in [2.75, 3.05) is 26.3 Å². The topological polar surface area (TPSA) is 90.6 Å². The normalized spacial score (nSPS) is 17.6. The number of aromatic nitrogens is 3. The summed E-state index contributed by atoms with van der Waals surface area (Å²) in [6.45, 7) is 9.48. The molecule has 0 saturated carbocycles. The Morgan fingerprint density at radius 3 is 2.85 bits per heavy atom. The van der Waals surface area contributed by atoms with E-state index < -0.39 is 0 Å². The lowest BCUT2D eigenvalue weighted by Crippen LogP contribution is -2.47. The van der Waals surface area contributed by atoms with Gasteiger partial charge >= 0.3 is 0 Å². The van der Waals surface area contributed by atoms with Crippen molar-refractivity contribution in [1.82, 2.24) is 20.0 Å². The first-order valence-electron chi connectivity index (χ1n) is 8.75. The molecule has 2 aromatic heterocycles. The van der Waals surface area contributed by atoms with Crippen molar-refractivity contribution < 1.29 is 18.8 Å². The van der Waals surface area contributed by atoms with Crippen LogP contribution in [0.15, 0.2) is 16.7 Å². The molecule has 1 fully saturated rings. The maximum Gasteiger partial charge on any atom is 0.276 e. The standard InChI is InChI=1S/C18H24N4O4/c1-11(2)17-19-12(3)7-16(20-17)25-10-14-9-22(5-6-24-14)18(23)15-8-13(4)26-21-15/h7-8,11,14H,5-6,9-10H2,1-4H3. The van der Waals surface area contributed by atoms with Gasteiger partial charge < -0.3 is 18.9 Å². The van der Waals surface area contributed by atoms with Crippen LogP contribution >= 0.6 is 0 Å². The second kappa shape index (κ2) is 7.82. The van der Waals surface area contributed by atoms with Crippen LogP contribution in [0.25, 0.3) is 0 Å². The molecular weight excluding hydrogens is 336 g/mol. The highest BCUT2D eigenvalue weighted by Gasteiger charge is 2.27. The van der Waals surface area contributed by atoms with Gasteiger partial charge in [-0.25, -0.2) is 4.98 Å². The molecule has 1 unspecified atom stereocenters. The Morgan fingerprint density at radius 1 is 1.35 bits per heavy atom. The minimum absolute atomic E-state index is 0.157. The molecular formula is C18H24N4O4. The molecule has 1 atom stereocenters. The highest BCUT2D eigenvalue weighted by Crippen LogP contribution is 2.17. The van der Waals surface area contributed by atoms with Crippen LogP contribution < -0.4 is 4.74 Å². The summed E-state index contributed by atoms with van der Waals surface area (Å²) in [5.41, 5.74) is 1.18. The zero-order valence-electron chi connectivity index (χ0n) is 15.6. The van der Waals surface area contributed by atoms with E-state index in [1.807, 2.05) is 20.8 Å². The Labute approximate surface area is 152 Å². The molecule has 1 saturated heterocycles. The molecule has 0 aliphatic carbocycles. The summed E-state index contributed by atoms with van der Waals surface area (Å²) in [5.74, 6) is 1.96. The Bertz CT molecular complexity index is 774. The molecule has 0 N–H and O–H groups in total. The molecule has 26 heavy (non-hydrogen) atoms.